The van der Waals surface area contributed by atoms with Gasteiger partial charge in [0.15, 0.2) is 0 Å². The van der Waals surface area contributed by atoms with Crippen LogP contribution < -0.4 is 10.6 Å². The first-order valence-electron chi connectivity index (χ1n) is 7.40. The Labute approximate surface area is 118 Å². The van der Waals surface area contributed by atoms with Gasteiger partial charge >= 0.3 is 0 Å². The van der Waals surface area contributed by atoms with Crippen molar-refractivity contribution in [1.82, 2.24) is 15.1 Å². The number of amides is 1. The van der Waals surface area contributed by atoms with Crippen LogP contribution in [0.1, 0.15) is 26.2 Å². The molecule has 3 heterocycles. The fourth-order valence-electron chi connectivity index (χ4n) is 2.93. The molecule has 2 fully saturated rings. The van der Waals surface area contributed by atoms with Crippen molar-refractivity contribution in [2.45, 2.75) is 44.9 Å². The van der Waals surface area contributed by atoms with E-state index in [1.807, 2.05) is 10.9 Å². The molecule has 6 heteroatoms. The van der Waals surface area contributed by atoms with Crippen molar-refractivity contribution in [3.05, 3.63) is 12.4 Å². The summed E-state index contributed by atoms with van der Waals surface area (Å²) in [4.78, 5) is 12.1. The monoisotopic (exact) mass is 278 g/mol. The van der Waals surface area contributed by atoms with Crippen molar-refractivity contribution >= 4 is 11.6 Å². The minimum Gasteiger partial charge on any atom is -0.376 e. The fourth-order valence-corrected chi connectivity index (χ4v) is 2.93. The van der Waals surface area contributed by atoms with Gasteiger partial charge in [0, 0.05) is 12.8 Å². The number of ether oxygens (including phenoxy) is 1. The van der Waals surface area contributed by atoms with Gasteiger partial charge in [0.1, 0.15) is 0 Å². The number of hydrogen-bond donors (Lipinski definition) is 2. The molecule has 0 saturated carbocycles. The van der Waals surface area contributed by atoms with Crippen molar-refractivity contribution in [2.75, 3.05) is 18.5 Å². The predicted octanol–water partition coefficient (Wildman–Crippen LogP) is 0.999. The van der Waals surface area contributed by atoms with E-state index in [0.29, 0.717) is 5.92 Å². The van der Waals surface area contributed by atoms with Crippen molar-refractivity contribution in [2.24, 2.45) is 5.92 Å². The van der Waals surface area contributed by atoms with Gasteiger partial charge in [0.25, 0.3) is 0 Å². The van der Waals surface area contributed by atoms with Crippen molar-refractivity contribution in [3.8, 4) is 0 Å². The van der Waals surface area contributed by atoms with E-state index >= 15 is 0 Å². The summed E-state index contributed by atoms with van der Waals surface area (Å²) in [5.41, 5.74) is 0.758. The molecule has 0 aromatic carbocycles. The Morgan fingerprint density at radius 3 is 3.20 bits per heavy atom. The largest absolute Gasteiger partial charge is 0.376 e. The first kappa shape index (κ1) is 13.6. The molecule has 6 nitrogen and oxygen atoms in total. The lowest BCUT2D eigenvalue weighted by Crippen LogP contribution is -2.38. The molecule has 1 aromatic heterocycles. The highest BCUT2D eigenvalue weighted by molar-refractivity contribution is 5.95. The molecular formula is C14H22N4O2. The van der Waals surface area contributed by atoms with E-state index in [-0.39, 0.29) is 18.1 Å². The minimum absolute atomic E-state index is 0.0340. The molecule has 0 spiro atoms. The van der Waals surface area contributed by atoms with Crippen LogP contribution in [-0.2, 0) is 16.1 Å². The molecule has 2 N–H and O–H groups in total. The van der Waals surface area contributed by atoms with Crippen LogP contribution in [0.2, 0.25) is 0 Å². The molecule has 3 unspecified atom stereocenters. The van der Waals surface area contributed by atoms with Gasteiger partial charge in [-0.3, -0.25) is 9.48 Å². The van der Waals surface area contributed by atoms with E-state index < -0.39 is 0 Å². The molecule has 3 atom stereocenters. The highest BCUT2D eigenvalue weighted by atomic mass is 16.5. The third-order valence-electron chi connectivity index (χ3n) is 4.13. The molecular weight excluding hydrogens is 256 g/mol. The number of nitrogens with one attached hydrogen (secondary N) is 2. The van der Waals surface area contributed by atoms with Crippen LogP contribution in [0.25, 0.3) is 0 Å². The normalized spacial score (nSPS) is 29.8. The zero-order valence-corrected chi connectivity index (χ0v) is 11.8. The number of rotatable bonds is 4. The Hall–Kier alpha value is -1.40. The molecule has 20 heavy (non-hydrogen) atoms. The van der Waals surface area contributed by atoms with Gasteiger partial charge in [-0.2, -0.15) is 5.10 Å². The number of carbonyl (C=O) groups is 1. The lowest BCUT2D eigenvalue weighted by molar-refractivity contribution is -0.118. The average molecular weight is 278 g/mol. The minimum atomic E-state index is -0.0866. The van der Waals surface area contributed by atoms with Crippen molar-refractivity contribution < 1.29 is 9.53 Å². The van der Waals surface area contributed by atoms with E-state index in [9.17, 15) is 4.79 Å². The van der Waals surface area contributed by atoms with Gasteiger partial charge in [-0.1, -0.05) is 6.92 Å². The molecule has 1 amide bonds. The van der Waals surface area contributed by atoms with Crippen LogP contribution in [0.5, 0.6) is 0 Å². The van der Waals surface area contributed by atoms with E-state index in [4.69, 9.17) is 4.74 Å². The number of hydrogen-bond acceptors (Lipinski definition) is 4. The maximum Gasteiger partial charge on any atom is 0.241 e. The predicted molar refractivity (Wildman–Crippen MR) is 75.4 cm³/mol. The van der Waals surface area contributed by atoms with Gasteiger partial charge in [-0.15, -0.1) is 0 Å². The fraction of sp³-hybridized carbons (Fsp3) is 0.714. The highest BCUT2D eigenvalue weighted by Crippen LogP contribution is 2.17. The molecule has 2 aliphatic rings. The van der Waals surface area contributed by atoms with Gasteiger partial charge in [-0.05, 0) is 31.7 Å². The molecule has 3 rings (SSSR count). The first-order chi connectivity index (χ1) is 9.72. The SMILES string of the molecule is CC1CCNC1C(=O)Nc1cnn(CC2CCCO2)c1. The third kappa shape index (κ3) is 3.02. The van der Waals surface area contributed by atoms with Crippen LogP contribution in [0.4, 0.5) is 5.69 Å². The zero-order chi connectivity index (χ0) is 13.9. The molecule has 110 valence electrons. The summed E-state index contributed by atoms with van der Waals surface area (Å²) in [7, 11) is 0. The molecule has 0 bridgehead atoms. The van der Waals surface area contributed by atoms with Crippen LogP contribution in [0, 0.1) is 5.92 Å². The summed E-state index contributed by atoms with van der Waals surface area (Å²) >= 11 is 0. The Morgan fingerprint density at radius 1 is 1.60 bits per heavy atom. The summed E-state index contributed by atoms with van der Waals surface area (Å²) in [5.74, 6) is 0.420. The van der Waals surface area contributed by atoms with Crippen molar-refractivity contribution in [1.29, 1.82) is 0 Å². The number of aromatic nitrogens is 2. The number of carbonyl (C=O) groups excluding carboxylic acids is 1. The molecule has 2 saturated heterocycles. The quantitative estimate of drug-likeness (QED) is 0.862. The first-order valence-corrected chi connectivity index (χ1v) is 7.40. The number of nitrogens with zero attached hydrogens (tertiary/aromatic N) is 2. The Bertz CT molecular complexity index is 467. The molecule has 1 aromatic rings. The summed E-state index contributed by atoms with van der Waals surface area (Å²) in [6.45, 7) is 4.62. The summed E-state index contributed by atoms with van der Waals surface area (Å²) < 4.78 is 7.43. The lowest BCUT2D eigenvalue weighted by Gasteiger charge is -2.14. The second-order valence-corrected chi connectivity index (χ2v) is 5.77. The van der Waals surface area contributed by atoms with Gasteiger partial charge < -0.3 is 15.4 Å². The molecule has 0 radical (unpaired) electrons. The molecule has 0 aliphatic carbocycles. The van der Waals surface area contributed by atoms with Crippen LogP contribution in [0.15, 0.2) is 12.4 Å². The van der Waals surface area contributed by atoms with Gasteiger partial charge in [0.2, 0.25) is 5.91 Å². The Balaban J connectivity index is 1.55. The van der Waals surface area contributed by atoms with Crippen LogP contribution in [-0.4, -0.2) is 41.0 Å². The van der Waals surface area contributed by atoms with E-state index in [1.165, 1.54) is 0 Å². The average Bonchev–Trinajstić information content (AvgIpc) is 3.12. The van der Waals surface area contributed by atoms with Crippen molar-refractivity contribution in [3.63, 3.8) is 0 Å². The smallest absolute Gasteiger partial charge is 0.241 e. The maximum atomic E-state index is 12.1. The Kier molecular flexibility index (Phi) is 4.03. The third-order valence-corrected chi connectivity index (χ3v) is 4.13. The van der Waals surface area contributed by atoms with Crippen LogP contribution >= 0.6 is 0 Å². The molecule has 2 aliphatic heterocycles. The Morgan fingerprint density at radius 2 is 2.50 bits per heavy atom. The van der Waals surface area contributed by atoms with E-state index in [2.05, 4.69) is 22.7 Å². The summed E-state index contributed by atoms with van der Waals surface area (Å²) in [5, 5.41) is 10.4. The maximum absolute atomic E-state index is 12.1. The van der Waals surface area contributed by atoms with E-state index in [1.54, 1.807) is 6.20 Å². The van der Waals surface area contributed by atoms with Gasteiger partial charge in [0.05, 0.1) is 30.6 Å². The van der Waals surface area contributed by atoms with Crippen LogP contribution in [0.3, 0.4) is 0 Å². The highest BCUT2D eigenvalue weighted by Gasteiger charge is 2.29. The number of anilines is 1. The standard InChI is InChI=1S/C14H22N4O2/c1-10-4-5-15-13(10)14(19)17-11-7-16-18(8-11)9-12-3-2-6-20-12/h7-8,10,12-13,15H,2-6,9H2,1H3,(H,17,19). The zero-order valence-electron chi connectivity index (χ0n) is 11.8. The second-order valence-electron chi connectivity index (χ2n) is 5.77. The van der Waals surface area contributed by atoms with Gasteiger partial charge in [-0.25, -0.2) is 0 Å². The lowest BCUT2D eigenvalue weighted by atomic mass is 10.0. The summed E-state index contributed by atoms with van der Waals surface area (Å²) in [6, 6.07) is -0.0866. The topological polar surface area (TPSA) is 68.2 Å². The van der Waals surface area contributed by atoms with E-state index in [0.717, 1.165) is 44.6 Å². The summed E-state index contributed by atoms with van der Waals surface area (Å²) in [6.07, 6.45) is 7.10. The second kappa shape index (κ2) is 5.93.